The van der Waals surface area contributed by atoms with Gasteiger partial charge < -0.3 is 5.73 Å². The molecule has 3 heteroatoms. The second kappa shape index (κ2) is 5.27. The van der Waals surface area contributed by atoms with E-state index < -0.39 is 0 Å². The molecule has 1 aromatic heterocycles. The lowest BCUT2D eigenvalue weighted by atomic mass is 10.1. The summed E-state index contributed by atoms with van der Waals surface area (Å²) in [4.78, 5) is 7.08. The van der Waals surface area contributed by atoms with Crippen LogP contribution in [0.15, 0.2) is 6.20 Å². The quantitative estimate of drug-likeness (QED) is 0.870. The molecule has 2 rings (SSSR count). The second-order valence-electron chi connectivity index (χ2n) is 5.89. The molecule has 2 N–H and O–H groups in total. The number of hydrogen-bond acceptors (Lipinski definition) is 3. The van der Waals surface area contributed by atoms with E-state index in [9.17, 15) is 0 Å². The van der Waals surface area contributed by atoms with Gasteiger partial charge in [0, 0.05) is 31.0 Å². The van der Waals surface area contributed by atoms with Gasteiger partial charge in [-0.15, -0.1) is 0 Å². The van der Waals surface area contributed by atoms with E-state index in [0.29, 0.717) is 6.04 Å². The monoisotopic (exact) mass is 247 g/mol. The summed E-state index contributed by atoms with van der Waals surface area (Å²) in [7, 11) is 0. The molecule has 3 nitrogen and oxygen atoms in total. The summed E-state index contributed by atoms with van der Waals surface area (Å²) < 4.78 is 0. The van der Waals surface area contributed by atoms with Gasteiger partial charge in [-0.05, 0) is 57.6 Å². The first kappa shape index (κ1) is 13.3. The summed E-state index contributed by atoms with van der Waals surface area (Å²) in [5, 5.41) is 0. The van der Waals surface area contributed by atoms with Crippen LogP contribution in [-0.2, 0) is 6.54 Å². The molecule has 1 aliphatic rings. The van der Waals surface area contributed by atoms with Crippen molar-refractivity contribution in [1.82, 2.24) is 9.88 Å². The standard InChI is InChI=1S/C15H25N3/c1-10(2)18(8-13-5-6-13)9-14-12(4)15(16)11(3)7-17-14/h7,10,13H,5-6,8-9H2,1-4H3,(H2,16,17). The number of nitrogens with zero attached hydrogens (tertiary/aromatic N) is 2. The zero-order chi connectivity index (χ0) is 13.3. The molecule has 1 fully saturated rings. The van der Waals surface area contributed by atoms with Gasteiger partial charge in [-0.3, -0.25) is 9.88 Å². The molecule has 1 aromatic rings. The van der Waals surface area contributed by atoms with E-state index in [1.165, 1.54) is 19.4 Å². The van der Waals surface area contributed by atoms with Crippen LogP contribution in [0.5, 0.6) is 0 Å². The van der Waals surface area contributed by atoms with Gasteiger partial charge in [-0.1, -0.05) is 0 Å². The van der Waals surface area contributed by atoms with Gasteiger partial charge in [-0.25, -0.2) is 0 Å². The van der Waals surface area contributed by atoms with E-state index in [2.05, 4.69) is 30.7 Å². The SMILES string of the molecule is Cc1cnc(CN(CC2CC2)C(C)C)c(C)c1N. The minimum atomic E-state index is 0.564. The zero-order valence-corrected chi connectivity index (χ0v) is 12.0. The van der Waals surface area contributed by atoms with Crippen molar-refractivity contribution in [3.05, 3.63) is 23.0 Å². The number of anilines is 1. The minimum Gasteiger partial charge on any atom is -0.398 e. The maximum Gasteiger partial charge on any atom is 0.0593 e. The van der Waals surface area contributed by atoms with Gasteiger partial charge in [0.1, 0.15) is 0 Å². The van der Waals surface area contributed by atoms with E-state index in [0.717, 1.165) is 35.0 Å². The van der Waals surface area contributed by atoms with E-state index in [1.807, 2.05) is 13.1 Å². The molecular weight excluding hydrogens is 222 g/mol. The number of nitrogen functional groups attached to an aromatic ring is 1. The molecule has 0 saturated heterocycles. The number of hydrogen-bond donors (Lipinski definition) is 1. The van der Waals surface area contributed by atoms with Crippen LogP contribution >= 0.6 is 0 Å². The third kappa shape index (κ3) is 3.02. The Balaban J connectivity index is 2.12. The van der Waals surface area contributed by atoms with Crippen molar-refractivity contribution in [3.63, 3.8) is 0 Å². The van der Waals surface area contributed by atoms with E-state index in [4.69, 9.17) is 5.73 Å². The molecule has 0 radical (unpaired) electrons. The van der Waals surface area contributed by atoms with E-state index >= 15 is 0 Å². The Bertz CT molecular complexity index is 422. The molecule has 1 aliphatic carbocycles. The Kier molecular flexibility index (Phi) is 3.91. The number of pyridine rings is 1. The van der Waals surface area contributed by atoms with Gasteiger partial charge in [0.15, 0.2) is 0 Å². The van der Waals surface area contributed by atoms with Gasteiger partial charge >= 0.3 is 0 Å². The fraction of sp³-hybridized carbons (Fsp3) is 0.667. The Morgan fingerprint density at radius 2 is 2.06 bits per heavy atom. The van der Waals surface area contributed by atoms with Crippen LogP contribution in [0.4, 0.5) is 5.69 Å². The Morgan fingerprint density at radius 1 is 1.39 bits per heavy atom. The van der Waals surface area contributed by atoms with Crippen molar-refractivity contribution in [2.75, 3.05) is 12.3 Å². The summed E-state index contributed by atoms with van der Waals surface area (Å²) >= 11 is 0. The first-order valence-corrected chi connectivity index (χ1v) is 6.93. The molecule has 18 heavy (non-hydrogen) atoms. The van der Waals surface area contributed by atoms with Crippen molar-refractivity contribution in [1.29, 1.82) is 0 Å². The highest BCUT2D eigenvalue weighted by molar-refractivity contribution is 5.53. The molecule has 0 aliphatic heterocycles. The fourth-order valence-electron chi connectivity index (χ4n) is 2.23. The topological polar surface area (TPSA) is 42.2 Å². The summed E-state index contributed by atoms with van der Waals surface area (Å²) in [5.41, 5.74) is 10.3. The average Bonchev–Trinajstić information content (AvgIpc) is 3.12. The minimum absolute atomic E-state index is 0.564. The summed E-state index contributed by atoms with van der Waals surface area (Å²) in [5.74, 6) is 0.913. The Morgan fingerprint density at radius 3 is 2.61 bits per heavy atom. The molecule has 0 amide bonds. The normalized spacial score (nSPS) is 15.7. The zero-order valence-electron chi connectivity index (χ0n) is 12.0. The predicted octanol–water partition coefficient (Wildman–Crippen LogP) is 2.90. The summed E-state index contributed by atoms with van der Waals surface area (Å²) in [6, 6.07) is 0.564. The molecule has 0 atom stereocenters. The lowest BCUT2D eigenvalue weighted by molar-refractivity contribution is 0.201. The molecule has 0 bridgehead atoms. The highest BCUT2D eigenvalue weighted by Gasteiger charge is 2.26. The maximum absolute atomic E-state index is 6.09. The van der Waals surface area contributed by atoms with Gasteiger partial charge in [0.25, 0.3) is 0 Å². The number of aromatic nitrogens is 1. The predicted molar refractivity (Wildman–Crippen MR) is 76.4 cm³/mol. The smallest absolute Gasteiger partial charge is 0.0593 e. The number of aryl methyl sites for hydroxylation is 1. The van der Waals surface area contributed by atoms with Crippen LogP contribution in [0.25, 0.3) is 0 Å². The molecular formula is C15H25N3. The van der Waals surface area contributed by atoms with E-state index in [-0.39, 0.29) is 0 Å². The average molecular weight is 247 g/mol. The molecule has 0 unspecified atom stereocenters. The third-order valence-electron chi connectivity index (χ3n) is 3.95. The first-order valence-electron chi connectivity index (χ1n) is 6.93. The van der Waals surface area contributed by atoms with Gasteiger partial charge in [0.2, 0.25) is 0 Å². The number of rotatable bonds is 5. The van der Waals surface area contributed by atoms with Crippen LogP contribution in [-0.4, -0.2) is 22.5 Å². The van der Waals surface area contributed by atoms with Gasteiger partial charge in [0.05, 0.1) is 5.69 Å². The van der Waals surface area contributed by atoms with Crippen molar-refractivity contribution in [3.8, 4) is 0 Å². The highest BCUT2D eigenvalue weighted by Crippen LogP contribution is 2.31. The molecule has 0 spiro atoms. The van der Waals surface area contributed by atoms with E-state index in [1.54, 1.807) is 0 Å². The molecule has 1 saturated carbocycles. The second-order valence-corrected chi connectivity index (χ2v) is 5.89. The Labute approximate surface area is 110 Å². The van der Waals surface area contributed by atoms with Crippen molar-refractivity contribution >= 4 is 5.69 Å². The van der Waals surface area contributed by atoms with Crippen LogP contribution in [0, 0.1) is 19.8 Å². The van der Waals surface area contributed by atoms with Gasteiger partial charge in [-0.2, -0.15) is 0 Å². The summed E-state index contributed by atoms with van der Waals surface area (Å²) in [6.07, 6.45) is 4.69. The lowest BCUT2D eigenvalue weighted by Gasteiger charge is -2.27. The van der Waals surface area contributed by atoms with Crippen molar-refractivity contribution in [2.24, 2.45) is 5.92 Å². The molecule has 1 heterocycles. The largest absolute Gasteiger partial charge is 0.398 e. The third-order valence-corrected chi connectivity index (χ3v) is 3.95. The first-order chi connectivity index (χ1) is 8.49. The molecule has 0 aromatic carbocycles. The Hall–Kier alpha value is -1.09. The number of nitrogens with two attached hydrogens (primary N) is 1. The van der Waals surface area contributed by atoms with Crippen molar-refractivity contribution < 1.29 is 0 Å². The maximum atomic E-state index is 6.09. The van der Waals surface area contributed by atoms with Crippen LogP contribution in [0.2, 0.25) is 0 Å². The van der Waals surface area contributed by atoms with Crippen molar-refractivity contribution in [2.45, 2.75) is 53.1 Å². The van der Waals surface area contributed by atoms with Crippen LogP contribution in [0.3, 0.4) is 0 Å². The molecule has 100 valence electrons. The summed E-state index contributed by atoms with van der Waals surface area (Å²) in [6.45, 7) is 10.7. The van der Waals surface area contributed by atoms with Crippen LogP contribution < -0.4 is 5.73 Å². The highest BCUT2D eigenvalue weighted by atomic mass is 15.2. The van der Waals surface area contributed by atoms with Crippen LogP contribution in [0.1, 0.15) is 43.5 Å². The fourth-order valence-corrected chi connectivity index (χ4v) is 2.23. The lowest BCUT2D eigenvalue weighted by Crippen LogP contribution is -2.33.